The molecule has 8 nitrogen and oxygen atoms in total. The Morgan fingerprint density at radius 3 is 2.06 bits per heavy atom. The number of carbonyl (C=O) groups excluding carboxylic acids is 2. The van der Waals surface area contributed by atoms with E-state index in [1.807, 2.05) is 0 Å². The molecule has 1 atom stereocenters. The van der Waals surface area contributed by atoms with E-state index in [1.54, 1.807) is 32.9 Å². The first-order valence-electron chi connectivity index (χ1n) is 12.0. The van der Waals surface area contributed by atoms with Crippen LogP contribution in [0.1, 0.15) is 53.0 Å². The third kappa shape index (κ3) is 6.04. The van der Waals surface area contributed by atoms with Crippen LogP contribution in [0.15, 0.2) is 46.8 Å². The number of ether oxygens (including phenoxy) is 2. The molecule has 1 aromatic carbocycles. The predicted molar refractivity (Wildman–Crippen MR) is 141 cm³/mol. The normalized spacial score (nSPS) is 17.3. The first kappa shape index (κ1) is 28.8. The molecule has 0 saturated heterocycles. The number of dihydropyridines is 1. The summed E-state index contributed by atoms with van der Waals surface area (Å²) in [5, 5.41) is 14.8. The Labute approximate surface area is 211 Å². The average Bonchev–Trinajstić information content (AvgIpc) is 2.84. The van der Waals surface area contributed by atoms with Crippen LogP contribution >= 0.6 is 17.2 Å². The quantitative estimate of drug-likeness (QED) is 0.170. The first-order valence-corrected chi connectivity index (χ1v) is 15.9. The van der Waals surface area contributed by atoms with E-state index in [0.717, 1.165) is 18.5 Å². The van der Waals surface area contributed by atoms with Gasteiger partial charge < -0.3 is 0 Å². The minimum absolute atomic E-state index is 0.133. The van der Waals surface area contributed by atoms with Gasteiger partial charge in [0, 0.05) is 0 Å². The Hall–Kier alpha value is -2.44. The van der Waals surface area contributed by atoms with Crippen LogP contribution in [-0.2, 0) is 19.1 Å². The van der Waals surface area contributed by atoms with Crippen molar-refractivity contribution < 1.29 is 24.0 Å². The molecule has 1 heterocycles. The molecule has 1 aliphatic heterocycles. The van der Waals surface area contributed by atoms with E-state index < -0.39 is 28.7 Å². The second kappa shape index (κ2) is 11.5. The first-order chi connectivity index (χ1) is 16.5. The summed E-state index contributed by atoms with van der Waals surface area (Å²) in [5.41, 5.74) is 1.88. The number of nitro groups is 1. The third-order valence-electron chi connectivity index (χ3n) is 6.97. The van der Waals surface area contributed by atoms with Crippen LogP contribution in [0.5, 0.6) is 0 Å². The molecule has 0 saturated carbocycles. The van der Waals surface area contributed by atoms with E-state index in [0.29, 0.717) is 23.1 Å². The number of non-ortho nitro benzene ring substituents is 1. The number of carbonyl (C=O) groups is 2. The van der Waals surface area contributed by atoms with Gasteiger partial charge in [-0.05, 0) is 0 Å². The molecule has 1 unspecified atom stereocenters. The van der Waals surface area contributed by atoms with Gasteiger partial charge in [-0.25, -0.2) is 0 Å². The molecule has 194 valence electrons. The minimum atomic E-state index is -2.76. The molecule has 35 heavy (non-hydrogen) atoms. The van der Waals surface area contributed by atoms with Gasteiger partial charge >= 0.3 is 212 Å². The van der Waals surface area contributed by atoms with Crippen molar-refractivity contribution in [3.05, 3.63) is 62.5 Å². The molecular weight excluding hydrogens is 491 g/mol. The topological polar surface area (TPSA) is 108 Å². The van der Waals surface area contributed by atoms with Crippen molar-refractivity contribution in [2.45, 2.75) is 47.5 Å². The summed E-state index contributed by atoms with van der Waals surface area (Å²) < 4.78 is 10.8. The van der Waals surface area contributed by atoms with Gasteiger partial charge in [0.2, 0.25) is 0 Å². The zero-order valence-electron chi connectivity index (χ0n) is 21.4. The van der Waals surface area contributed by atoms with Gasteiger partial charge in [0.15, 0.2) is 0 Å². The van der Waals surface area contributed by atoms with Crippen LogP contribution in [0.25, 0.3) is 0 Å². The Morgan fingerprint density at radius 2 is 1.57 bits per heavy atom. The Balaban J connectivity index is 2.89. The molecule has 1 aliphatic rings. The summed E-state index contributed by atoms with van der Waals surface area (Å²) in [7, 11) is 0. The average molecular weight is 527 g/mol. The Morgan fingerprint density at radius 1 is 1.03 bits per heavy atom. The van der Waals surface area contributed by atoms with Crippen molar-refractivity contribution in [2.75, 3.05) is 37.9 Å². The zero-order chi connectivity index (χ0) is 26.4. The molecule has 1 aromatic rings. The van der Waals surface area contributed by atoms with Gasteiger partial charge in [-0.2, -0.15) is 0 Å². The van der Waals surface area contributed by atoms with Crippen LogP contribution in [0.2, 0.25) is 0 Å². The van der Waals surface area contributed by atoms with Crippen LogP contribution in [0.3, 0.4) is 0 Å². The van der Waals surface area contributed by atoms with Crippen LogP contribution in [-0.4, -0.2) is 54.7 Å². The van der Waals surface area contributed by atoms with E-state index in [-0.39, 0.29) is 30.0 Å². The van der Waals surface area contributed by atoms with Crippen molar-refractivity contribution in [2.24, 2.45) is 0 Å². The summed E-state index contributed by atoms with van der Waals surface area (Å²) >= 11 is 7.40. The monoisotopic (exact) mass is 526 g/mol. The van der Waals surface area contributed by atoms with Crippen molar-refractivity contribution in [3.8, 4) is 0 Å². The van der Waals surface area contributed by atoms with Gasteiger partial charge in [0.05, 0.1) is 0 Å². The van der Waals surface area contributed by atoms with Gasteiger partial charge in [-0.3, -0.25) is 0 Å². The number of benzene rings is 1. The predicted octanol–water partition coefficient (Wildman–Crippen LogP) is 5.70. The van der Waals surface area contributed by atoms with Crippen LogP contribution in [0.4, 0.5) is 5.69 Å². The number of hydrogen-bond acceptors (Lipinski definition) is 7. The zero-order valence-corrected chi connectivity index (χ0v) is 23.0. The Kier molecular flexibility index (Phi) is 9.49. The number of nitrogens with zero attached hydrogens (tertiary/aromatic N) is 1. The fourth-order valence-electron chi connectivity index (χ4n) is 4.50. The van der Waals surface area contributed by atoms with E-state index in [9.17, 15) is 19.7 Å². The number of allylic oxidation sites excluding steroid dienone is 2. The number of halogens is 1. The maximum absolute atomic E-state index is 13.4. The fourth-order valence-corrected chi connectivity index (χ4v) is 7.91. The molecule has 1 N–H and O–H groups in total. The fraction of sp³-hybridized carbons (Fsp3) is 0.520. The number of nitrogens with one attached hydrogen (secondary N) is 1. The van der Waals surface area contributed by atoms with E-state index in [4.69, 9.17) is 20.7 Å². The van der Waals surface area contributed by atoms with Gasteiger partial charge in [-0.1, -0.05) is 0 Å². The van der Waals surface area contributed by atoms with Crippen molar-refractivity contribution in [1.82, 2.24) is 5.32 Å². The van der Waals surface area contributed by atoms with Gasteiger partial charge in [0.25, 0.3) is 0 Å². The van der Waals surface area contributed by atoms with Crippen LogP contribution < -0.4 is 5.32 Å². The molecule has 0 aliphatic carbocycles. The van der Waals surface area contributed by atoms with Crippen molar-refractivity contribution in [1.29, 1.82) is 0 Å². The van der Waals surface area contributed by atoms with Gasteiger partial charge in [0.1, 0.15) is 0 Å². The SMILES string of the molecule is CCOC(=O)C1=C(C)NC(CP(Cl)(CC)(CC)CC)=C(C(=O)OCC)C1c1cccc([N+](=O)[O-])c1. The summed E-state index contributed by atoms with van der Waals surface area (Å²) in [6, 6.07) is 5.98. The summed E-state index contributed by atoms with van der Waals surface area (Å²) in [5.74, 6) is -4.86. The standard InChI is InChI=1S/C25H36ClN2O6P/c1-7-33-24(29)21-17(6)27-20(16-35(26,9-3,10-4)11-5)23(25(30)34-8-2)22(21)18-13-12-14-19(15-18)28(31)32/h12-15,22,27H,7-11,16H2,1-6H3. The number of hydrogen-bond donors (Lipinski definition) is 1. The molecular formula is C25H36ClN2O6P. The van der Waals surface area contributed by atoms with E-state index in [1.165, 1.54) is 12.1 Å². The van der Waals surface area contributed by atoms with E-state index in [2.05, 4.69) is 26.1 Å². The molecule has 0 spiro atoms. The molecule has 0 aromatic heterocycles. The molecule has 2 rings (SSSR count). The molecule has 0 bridgehead atoms. The summed E-state index contributed by atoms with van der Waals surface area (Å²) in [6.07, 6.45) is 2.77. The van der Waals surface area contributed by atoms with Crippen LogP contribution in [0, 0.1) is 10.1 Å². The van der Waals surface area contributed by atoms with E-state index >= 15 is 0 Å². The second-order valence-corrected chi connectivity index (χ2v) is 17.4. The summed E-state index contributed by atoms with van der Waals surface area (Å²) in [6.45, 7) is 11.6. The van der Waals surface area contributed by atoms with Crippen molar-refractivity contribution in [3.63, 3.8) is 0 Å². The molecule has 10 heteroatoms. The Bertz CT molecular complexity index is 1050. The maximum atomic E-state index is 13.4. The number of esters is 2. The molecule has 0 fully saturated rings. The number of nitro benzene ring substituents is 1. The molecule has 0 amide bonds. The molecule has 0 radical (unpaired) electrons. The second-order valence-electron chi connectivity index (χ2n) is 8.71. The number of rotatable bonds is 11. The third-order valence-corrected chi connectivity index (χ3v) is 15.3. The summed E-state index contributed by atoms with van der Waals surface area (Å²) in [4.78, 5) is 37.6. The van der Waals surface area contributed by atoms with Gasteiger partial charge in [-0.15, -0.1) is 0 Å². The van der Waals surface area contributed by atoms with Crippen molar-refractivity contribution >= 4 is 34.8 Å².